The molecule has 3 aliphatic rings. The van der Waals surface area contributed by atoms with Crippen LogP contribution in [0.4, 0.5) is 4.39 Å². The van der Waals surface area contributed by atoms with Gasteiger partial charge in [-0.3, -0.25) is 9.69 Å². The highest BCUT2D eigenvalue weighted by Gasteiger charge is 2.41. The second-order valence-corrected chi connectivity index (χ2v) is 9.39. The first kappa shape index (κ1) is 22.6. The van der Waals surface area contributed by atoms with E-state index >= 15 is 0 Å². The summed E-state index contributed by atoms with van der Waals surface area (Å²) in [5.41, 5.74) is 7.65. The van der Waals surface area contributed by atoms with Crippen molar-refractivity contribution in [1.29, 1.82) is 5.26 Å². The van der Waals surface area contributed by atoms with Gasteiger partial charge in [0.05, 0.1) is 36.3 Å². The Hall–Kier alpha value is -3.22. The van der Waals surface area contributed by atoms with Crippen LogP contribution in [-0.2, 0) is 0 Å². The molecular weight excluding hydrogens is 459 g/mol. The van der Waals surface area contributed by atoms with Crippen molar-refractivity contribution >= 4 is 23.1 Å². The van der Waals surface area contributed by atoms with Crippen molar-refractivity contribution in [1.82, 2.24) is 19.8 Å². The monoisotopic (exact) mass is 482 g/mol. The third-order valence-electron chi connectivity index (χ3n) is 6.84. The lowest BCUT2D eigenvalue weighted by Crippen LogP contribution is -2.46. The highest BCUT2D eigenvalue weighted by Crippen LogP contribution is 2.38. The molecule has 1 aromatic heterocycles. The van der Waals surface area contributed by atoms with Crippen LogP contribution in [0.15, 0.2) is 36.3 Å². The zero-order chi connectivity index (χ0) is 23.8. The molecule has 2 saturated heterocycles. The van der Waals surface area contributed by atoms with Crippen molar-refractivity contribution in [2.45, 2.75) is 43.9 Å². The van der Waals surface area contributed by atoms with Gasteiger partial charge < -0.3 is 15.4 Å². The second kappa shape index (κ2) is 9.20. The second-order valence-electron chi connectivity index (χ2n) is 8.96. The molecule has 2 bridgehead atoms. The van der Waals surface area contributed by atoms with Crippen LogP contribution in [0.1, 0.15) is 41.9 Å². The van der Waals surface area contributed by atoms with Crippen molar-refractivity contribution in [3.8, 4) is 11.8 Å². The zero-order valence-electron chi connectivity index (χ0n) is 18.5. The number of fused-ring (bicyclic) bond motifs is 2. The number of amides is 1. The van der Waals surface area contributed by atoms with Gasteiger partial charge in [0.15, 0.2) is 5.82 Å². The number of rotatable bonds is 5. The van der Waals surface area contributed by atoms with Gasteiger partial charge in [0.2, 0.25) is 0 Å². The van der Waals surface area contributed by atoms with Gasteiger partial charge in [-0.05, 0) is 37.8 Å². The fourth-order valence-corrected chi connectivity index (χ4v) is 5.35. The van der Waals surface area contributed by atoms with E-state index in [1.807, 2.05) is 0 Å². The fourth-order valence-electron chi connectivity index (χ4n) is 5.26. The van der Waals surface area contributed by atoms with Gasteiger partial charge >= 0.3 is 0 Å². The zero-order valence-corrected chi connectivity index (χ0v) is 19.2. The number of carbonyl (C=O) groups is 1. The van der Waals surface area contributed by atoms with E-state index in [0.717, 1.165) is 25.7 Å². The van der Waals surface area contributed by atoms with Gasteiger partial charge in [0.25, 0.3) is 5.91 Å². The van der Waals surface area contributed by atoms with E-state index in [9.17, 15) is 9.18 Å². The Labute approximate surface area is 201 Å². The quantitative estimate of drug-likeness (QED) is 0.652. The molecule has 0 aliphatic carbocycles. The van der Waals surface area contributed by atoms with Gasteiger partial charge in [-0.15, -0.1) is 0 Å². The number of piperidine rings is 1. The fraction of sp³-hybridized carbons (Fsp3) is 0.417. The number of hydrogen-bond donors (Lipinski definition) is 1. The molecule has 4 heterocycles. The van der Waals surface area contributed by atoms with Crippen LogP contribution in [0.5, 0.6) is 5.75 Å². The molecule has 176 valence electrons. The first-order valence-electron chi connectivity index (χ1n) is 11.3. The first-order valence-corrected chi connectivity index (χ1v) is 11.6. The van der Waals surface area contributed by atoms with Crippen LogP contribution >= 0.6 is 11.6 Å². The lowest BCUT2D eigenvalue weighted by Gasteiger charge is -2.37. The molecule has 2 fully saturated rings. The van der Waals surface area contributed by atoms with E-state index in [4.69, 9.17) is 27.3 Å². The molecule has 3 atom stereocenters. The normalized spacial score (nSPS) is 24.4. The SMILES string of the molecule is N#CCN1[C@@H]2CC[C@H]1CC(Oc1cc(F)ccc1C(=O)N1CC(N)=C(c3ncc(Cl)cn3)C1)C2. The predicted molar refractivity (Wildman–Crippen MR) is 123 cm³/mol. The van der Waals surface area contributed by atoms with Gasteiger partial charge in [0.1, 0.15) is 17.7 Å². The number of nitrogens with zero attached hydrogens (tertiary/aromatic N) is 5. The maximum Gasteiger partial charge on any atom is 0.258 e. The molecular formula is C24H24ClFN6O2. The topological polar surface area (TPSA) is 108 Å². The van der Waals surface area contributed by atoms with Gasteiger partial charge in [-0.25, -0.2) is 14.4 Å². The van der Waals surface area contributed by atoms with E-state index in [1.54, 1.807) is 4.90 Å². The maximum atomic E-state index is 14.1. The summed E-state index contributed by atoms with van der Waals surface area (Å²) in [6.45, 7) is 0.863. The van der Waals surface area contributed by atoms with E-state index in [2.05, 4.69) is 20.9 Å². The smallest absolute Gasteiger partial charge is 0.258 e. The highest BCUT2D eigenvalue weighted by atomic mass is 35.5. The van der Waals surface area contributed by atoms with Crippen LogP contribution in [0, 0.1) is 17.1 Å². The lowest BCUT2D eigenvalue weighted by atomic mass is 9.99. The van der Waals surface area contributed by atoms with E-state index in [1.165, 1.54) is 30.6 Å². The Morgan fingerprint density at radius 3 is 2.62 bits per heavy atom. The summed E-state index contributed by atoms with van der Waals surface area (Å²) in [5, 5.41) is 9.52. The molecule has 3 aliphatic heterocycles. The molecule has 0 saturated carbocycles. The summed E-state index contributed by atoms with van der Waals surface area (Å²) >= 11 is 5.87. The maximum absolute atomic E-state index is 14.1. The number of nitriles is 1. The van der Waals surface area contributed by atoms with E-state index in [-0.39, 0.29) is 42.9 Å². The summed E-state index contributed by atoms with van der Waals surface area (Å²) in [6, 6.07) is 6.79. The molecule has 34 heavy (non-hydrogen) atoms. The minimum absolute atomic E-state index is 0.138. The van der Waals surface area contributed by atoms with Crippen molar-refractivity contribution in [3.05, 3.63) is 58.5 Å². The third-order valence-corrected chi connectivity index (χ3v) is 7.03. The largest absolute Gasteiger partial charge is 0.489 e. The number of nitrogens with two attached hydrogens (primary N) is 1. The van der Waals surface area contributed by atoms with E-state index in [0.29, 0.717) is 34.2 Å². The average Bonchev–Trinajstić information content (AvgIpc) is 3.30. The number of aromatic nitrogens is 2. The molecule has 5 rings (SSSR count). The van der Waals surface area contributed by atoms with Crippen LogP contribution in [0.2, 0.25) is 5.02 Å². The molecule has 1 unspecified atom stereocenters. The summed E-state index contributed by atoms with van der Waals surface area (Å²) in [6.07, 6.45) is 6.37. The molecule has 10 heteroatoms. The molecule has 8 nitrogen and oxygen atoms in total. The summed E-state index contributed by atoms with van der Waals surface area (Å²) in [4.78, 5) is 25.6. The third kappa shape index (κ3) is 4.31. The van der Waals surface area contributed by atoms with Gasteiger partial charge in [0, 0.05) is 41.8 Å². The van der Waals surface area contributed by atoms with Crippen molar-refractivity contribution in [2.75, 3.05) is 19.6 Å². The average molecular weight is 483 g/mol. The standard InChI is InChI=1S/C24H24ClFN6O2/c25-14-10-29-23(30-11-14)20-12-31(13-21(20)28)24(33)19-4-1-15(26)7-22(19)34-18-8-16-2-3-17(9-18)32(16)6-5-27/h1,4,7,10-11,16-18H,2-3,6,8-9,12-13,28H2/t16-,17+,18?. The van der Waals surface area contributed by atoms with E-state index < -0.39 is 5.82 Å². The molecule has 0 radical (unpaired) electrons. The van der Waals surface area contributed by atoms with Gasteiger partial charge in [-0.1, -0.05) is 11.6 Å². The summed E-state index contributed by atoms with van der Waals surface area (Å²) in [5.74, 6) is -0.108. The lowest BCUT2D eigenvalue weighted by molar-refractivity contribution is 0.0560. The number of halogens is 2. The van der Waals surface area contributed by atoms with Gasteiger partial charge in [-0.2, -0.15) is 5.26 Å². The van der Waals surface area contributed by atoms with Crippen molar-refractivity contribution < 1.29 is 13.9 Å². The van der Waals surface area contributed by atoms with Crippen LogP contribution in [0.3, 0.4) is 0 Å². The minimum Gasteiger partial charge on any atom is -0.489 e. The van der Waals surface area contributed by atoms with Crippen LogP contribution in [-0.4, -0.2) is 63.5 Å². The predicted octanol–water partition coefficient (Wildman–Crippen LogP) is 2.99. The Kier molecular flexibility index (Phi) is 6.11. The molecule has 1 aromatic carbocycles. The molecule has 2 N–H and O–H groups in total. The Morgan fingerprint density at radius 2 is 1.94 bits per heavy atom. The van der Waals surface area contributed by atoms with Crippen molar-refractivity contribution in [2.24, 2.45) is 5.73 Å². The number of ether oxygens (including phenoxy) is 1. The molecule has 0 spiro atoms. The number of benzene rings is 1. The van der Waals surface area contributed by atoms with Crippen LogP contribution < -0.4 is 10.5 Å². The Morgan fingerprint density at radius 1 is 1.24 bits per heavy atom. The number of hydrogen-bond acceptors (Lipinski definition) is 7. The Balaban J connectivity index is 1.32. The van der Waals surface area contributed by atoms with Crippen molar-refractivity contribution in [3.63, 3.8) is 0 Å². The highest BCUT2D eigenvalue weighted by molar-refractivity contribution is 6.30. The molecule has 2 aromatic rings. The minimum atomic E-state index is -0.467. The van der Waals surface area contributed by atoms with Crippen LogP contribution in [0.25, 0.3) is 5.57 Å². The summed E-state index contributed by atoms with van der Waals surface area (Å²) in [7, 11) is 0. The molecule has 1 amide bonds. The first-order chi connectivity index (χ1) is 16.4. The number of carbonyl (C=O) groups excluding carboxylic acids is 1. The summed E-state index contributed by atoms with van der Waals surface area (Å²) < 4.78 is 20.4. The Bertz CT molecular complexity index is 1170.